The lowest BCUT2D eigenvalue weighted by Gasteiger charge is -2.17. The van der Waals surface area contributed by atoms with Gasteiger partial charge in [0, 0.05) is 37.1 Å². The smallest absolute Gasteiger partial charge is 0.227 e. The quantitative estimate of drug-likeness (QED) is 0.877. The second kappa shape index (κ2) is 5.74. The molecule has 0 bridgehead atoms. The first-order valence-corrected chi connectivity index (χ1v) is 8.75. The van der Waals surface area contributed by atoms with E-state index in [2.05, 4.69) is 10.1 Å². The number of aryl methyl sites for hydroxylation is 1. The Hall–Kier alpha value is -2.26. The molecule has 0 aliphatic carbocycles. The molecule has 23 heavy (non-hydrogen) atoms. The standard InChI is InChI=1S/C14H16N4O4S/c1-9-16-14(17-22-9)11-3-2-4-12(6-11)18-7-10(5-13(18)19)8-23(15,20)21/h2-4,6,10H,5,7-8H2,1H3,(H2,15,20,21). The average Bonchev–Trinajstić information content (AvgIpc) is 3.03. The van der Waals surface area contributed by atoms with Gasteiger partial charge in [0.25, 0.3) is 0 Å². The molecule has 1 atom stereocenters. The number of hydrogen-bond acceptors (Lipinski definition) is 6. The summed E-state index contributed by atoms with van der Waals surface area (Å²) in [6, 6.07) is 7.17. The zero-order valence-corrected chi connectivity index (χ0v) is 13.3. The topological polar surface area (TPSA) is 119 Å². The highest BCUT2D eigenvalue weighted by molar-refractivity contribution is 7.89. The second-order valence-corrected chi connectivity index (χ2v) is 7.25. The van der Waals surface area contributed by atoms with Gasteiger partial charge in [-0.05, 0) is 12.1 Å². The summed E-state index contributed by atoms with van der Waals surface area (Å²) in [4.78, 5) is 17.9. The van der Waals surface area contributed by atoms with Crippen LogP contribution in [0.1, 0.15) is 12.3 Å². The van der Waals surface area contributed by atoms with Crippen molar-refractivity contribution in [3.8, 4) is 11.4 Å². The number of nitrogens with zero attached hydrogens (tertiary/aromatic N) is 3. The Balaban J connectivity index is 1.83. The molecule has 2 N–H and O–H groups in total. The minimum absolute atomic E-state index is 0.125. The van der Waals surface area contributed by atoms with Gasteiger partial charge in [-0.25, -0.2) is 13.6 Å². The van der Waals surface area contributed by atoms with Crippen LogP contribution in [0.25, 0.3) is 11.4 Å². The van der Waals surface area contributed by atoms with E-state index in [9.17, 15) is 13.2 Å². The van der Waals surface area contributed by atoms with E-state index in [1.807, 2.05) is 6.07 Å². The molecule has 1 amide bonds. The van der Waals surface area contributed by atoms with E-state index < -0.39 is 10.0 Å². The van der Waals surface area contributed by atoms with Crippen LogP contribution in [0, 0.1) is 12.8 Å². The summed E-state index contributed by atoms with van der Waals surface area (Å²) in [5.41, 5.74) is 1.40. The van der Waals surface area contributed by atoms with Crippen molar-refractivity contribution in [3.63, 3.8) is 0 Å². The molecule has 1 unspecified atom stereocenters. The van der Waals surface area contributed by atoms with Crippen molar-refractivity contribution in [2.24, 2.45) is 11.1 Å². The molecule has 1 aromatic carbocycles. The number of sulfonamides is 1. The normalized spacial score (nSPS) is 18.6. The Morgan fingerprint density at radius 3 is 2.87 bits per heavy atom. The van der Waals surface area contributed by atoms with Crippen LogP contribution in [0.4, 0.5) is 5.69 Å². The largest absolute Gasteiger partial charge is 0.339 e. The number of aromatic nitrogens is 2. The Morgan fingerprint density at radius 2 is 2.22 bits per heavy atom. The van der Waals surface area contributed by atoms with Gasteiger partial charge in [-0.2, -0.15) is 4.98 Å². The minimum atomic E-state index is -3.60. The van der Waals surface area contributed by atoms with Crippen molar-refractivity contribution in [1.29, 1.82) is 0 Å². The molecule has 1 aromatic heterocycles. The van der Waals surface area contributed by atoms with Gasteiger partial charge in [-0.15, -0.1) is 0 Å². The summed E-state index contributed by atoms with van der Waals surface area (Å²) in [6.45, 7) is 2.02. The summed E-state index contributed by atoms with van der Waals surface area (Å²) in [6.07, 6.45) is 0.169. The number of rotatable bonds is 4. The van der Waals surface area contributed by atoms with E-state index in [1.54, 1.807) is 30.0 Å². The summed E-state index contributed by atoms with van der Waals surface area (Å²) in [5, 5.41) is 8.91. The predicted octanol–water partition coefficient (Wildman–Crippen LogP) is 0.686. The van der Waals surface area contributed by atoms with Crippen LogP contribution in [0.5, 0.6) is 0 Å². The van der Waals surface area contributed by atoms with Gasteiger partial charge in [0.15, 0.2) is 0 Å². The summed E-state index contributed by atoms with van der Waals surface area (Å²) in [5.74, 6) is 0.278. The molecule has 1 aliphatic heterocycles. The van der Waals surface area contributed by atoms with Crippen LogP contribution in [-0.2, 0) is 14.8 Å². The number of primary sulfonamides is 1. The Bertz CT molecular complexity index is 846. The maximum atomic E-state index is 12.2. The molecule has 1 saturated heterocycles. The van der Waals surface area contributed by atoms with Crippen molar-refractivity contribution in [2.75, 3.05) is 17.2 Å². The SMILES string of the molecule is Cc1nc(-c2cccc(N3CC(CS(N)(=O)=O)CC3=O)c2)no1. The maximum Gasteiger partial charge on any atom is 0.227 e. The van der Waals surface area contributed by atoms with Crippen molar-refractivity contribution in [2.45, 2.75) is 13.3 Å². The van der Waals surface area contributed by atoms with Crippen LogP contribution in [0.2, 0.25) is 0 Å². The molecule has 2 aromatic rings. The van der Waals surface area contributed by atoms with Gasteiger partial charge in [-0.1, -0.05) is 17.3 Å². The molecule has 0 radical (unpaired) electrons. The number of benzene rings is 1. The van der Waals surface area contributed by atoms with Gasteiger partial charge in [0.2, 0.25) is 27.6 Å². The summed E-state index contributed by atoms with van der Waals surface area (Å²) < 4.78 is 27.4. The van der Waals surface area contributed by atoms with E-state index >= 15 is 0 Å². The first-order chi connectivity index (χ1) is 10.8. The Labute approximate surface area is 133 Å². The highest BCUT2D eigenvalue weighted by Crippen LogP contribution is 2.28. The maximum absolute atomic E-state index is 12.2. The average molecular weight is 336 g/mol. The molecular formula is C14H16N4O4S. The Kier molecular flexibility index (Phi) is 3.90. The molecule has 122 valence electrons. The first-order valence-electron chi connectivity index (χ1n) is 7.03. The van der Waals surface area contributed by atoms with Crippen molar-refractivity contribution in [1.82, 2.24) is 10.1 Å². The van der Waals surface area contributed by atoms with E-state index in [0.717, 1.165) is 5.56 Å². The van der Waals surface area contributed by atoms with Crippen LogP contribution < -0.4 is 10.0 Å². The zero-order chi connectivity index (χ0) is 16.6. The van der Waals surface area contributed by atoms with Gasteiger partial charge in [0.1, 0.15) is 0 Å². The van der Waals surface area contributed by atoms with Gasteiger partial charge in [0.05, 0.1) is 5.75 Å². The van der Waals surface area contributed by atoms with Crippen molar-refractivity contribution < 1.29 is 17.7 Å². The third-order valence-corrected chi connectivity index (χ3v) is 4.55. The fourth-order valence-corrected chi connectivity index (χ4v) is 3.58. The Morgan fingerprint density at radius 1 is 1.43 bits per heavy atom. The number of carbonyl (C=O) groups is 1. The third kappa shape index (κ3) is 3.57. The van der Waals surface area contributed by atoms with Gasteiger partial charge >= 0.3 is 0 Å². The van der Waals surface area contributed by atoms with Crippen molar-refractivity contribution in [3.05, 3.63) is 30.2 Å². The van der Waals surface area contributed by atoms with E-state index in [4.69, 9.17) is 9.66 Å². The van der Waals surface area contributed by atoms with E-state index in [1.165, 1.54) is 0 Å². The zero-order valence-electron chi connectivity index (χ0n) is 12.5. The van der Waals surface area contributed by atoms with E-state index in [0.29, 0.717) is 23.9 Å². The lowest BCUT2D eigenvalue weighted by Crippen LogP contribution is -2.27. The molecule has 8 nitrogen and oxygen atoms in total. The van der Waals surface area contributed by atoms with Gasteiger partial charge in [-0.3, -0.25) is 4.79 Å². The molecule has 0 saturated carbocycles. The highest BCUT2D eigenvalue weighted by atomic mass is 32.2. The number of hydrogen-bond donors (Lipinski definition) is 1. The second-order valence-electron chi connectivity index (χ2n) is 5.59. The molecule has 3 rings (SSSR count). The van der Waals surface area contributed by atoms with Crippen LogP contribution >= 0.6 is 0 Å². The molecule has 1 aliphatic rings. The number of amides is 1. The summed E-state index contributed by atoms with van der Waals surface area (Å²) >= 11 is 0. The fraction of sp³-hybridized carbons (Fsp3) is 0.357. The molecule has 9 heteroatoms. The summed E-state index contributed by atoms with van der Waals surface area (Å²) in [7, 11) is -3.60. The highest BCUT2D eigenvalue weighted by Gasteiger charge is 2.32. The predicted molar refractivity (Wildman–Crippen MR) is 82.9 cm³/mol. The van der Waals surface area contributed by atoms with Crippen LogP contribution in [-0.4, -0.2) is 36.8 Å². The van der Waals surface area contributed by atoms with Gasteiger partial charge < -0.3 is 9.42 Å². The number of carbonyl (C=O) groups excluding carboxylic acids is 1. The molecule has 1 fully saturated rings. The lowest BCUT2D eigenvalue weighted by atomic mass is 10.1. The van der Waals surface area contributed by atoms with Crippen LogP contribution in [0.3, 0.4) is 0 Å². The molecular weight excluding hydrogens is 320 g/mol. The molecule has 2 heterocycles. The van der Waals surface area contributed by atoms with E-state index in [-0.39, 0.29) is 24.0 Å². The van der Waals surface area contributed by atoms with Crippen molar-refractivity contribution >= 4 is 21.6 Å². The van der Waals surface area contributed by atoms with Crippen LogP contribution in [0.15, 0.2) is 28.8 Å². The fourth-order valence-electron chi connectivity index (χ4n) is 2.70. The number of nitrogens with two attached hydrogens (primary N) is 1. The monoisotopic (exact) mass is 336 g/mol. The molecule has 0 spiro atoms. The first kappa shape index (κ1) is 15.6. The minimum Gasteiger partial charge on any atom is -0.339 e. The number of anilines is 1. The third-order valence-electron chi connectivity index (χ3n) is 3.62. The lowest BCUT2D eigenvalue weighted by molar-refractivity contribution is -0.117.